The van der Waals surface area contributed by atoms with Crippen molar-refractivity contribution < 1.29 is 23.4 Å². The van der Waals surface area contributed by atoms with E-state index in [9.17, 15) is 4.79 Å². The first-order valence-corrected chi connectivity index (χ1v) is 10.1. The van der Waals surface area contributed by atoms with Crippen LogP contribution in [-0.2, 0) is 0 Å². The summed E-state index contributed by atoms with van der Waals surface area (Å²) in [6.45, 7) is 0.913. The number of benzene rings is 2. The minimum absolute atomic E-state index is 0.167. The monoisotopic (exact) mass is 432 g/mol. The predicted octanol–water partition coefficient (Wildman–Crippen LogP) is 3.63. The van der Waals surface area contributed by atoms with Gasteiger partial charge in [0.1, 0.15) is 29.3 Å². The molecule has 3 heterocycles. The Balaban J connectivity index is 1.25. The summed E-state index contributed by atoms with van der Waals surface area (Å²) < 4.78 is 23.3. The number of aromatic nitrogens is 2. The van der Waals surface area contributed by atoms with Crippen molar-refractivity contribution in [2.24, 2.45) is 0 Å². The van der Waals surface area contributed by atoms with Gasteiger partial charge in [-0.05, 0) is 30.3 Å². The Morgan fingerprint density at radius 2 is 1.97 bits per heavy atom. The quantitative estimate of drug-likeness (QED) is 0.476. The second-order valence-corrected chi connectivity index (χ2v) is 7.09. The van der Waals surface area contributed by atoms with E-state index in [1.165, 1.54) is 6.20 Å². The highest BCUT2D eigenvalue weighted by Gasteiger charge is 2.21. The summed E-state index contributed by atoms with van der Waals surface area (Å²) >= 11 is 0. The fraction of sp³-hybridized carbons (Fsp3) is 0.174. The molecule has 0 bridgehead atoms. The summed E-state index contributed by atoms with van der Waals surface area (Å²) in [6, 6.07) is 16.5. The number of amides is 1. The number of nitrogens with zero attached hydrogens (tertiary/aromatic N) is 2. The van der Waals surface area contributed by atoms with Crippen LogP contribution in [-0.4, -0.2) is 42.2 Å². The van der Waals surface area contributed by atoms with Gasteiger partial charge in [-0.15, -0.1) is 0 Å². The topological polar surface area (TPSA) is 108 Å². The first-order valence-electron chi connectivity index (χ1n) is 10.1. The van der Waals surface area contributed by atoms with E-state index in [1.807, 2.05) is 24.3 Å². The van der Waals surface area contributed by atoms with Crippen LogP contribution in [0.3, 0.4) is 0 Å². The Labute approximate surface area is 183 Å². The molecule has 5 rings (SSSR count). The summed E-state index contributed by atoms with van der Waals surface area (Å²) in [5.41, 5.74) is 1.53. The van der Waals surface area contributed by atoms with Gasteiger partial charge in [0.15, 0.2) is 23.2 Å². The molecule has 1 aliphatic heterocycles. The molecule has 4 aromatic rings. The number of carbonyl (C=O) groups is 1. The van der Waals surface area contributed by atoms with Gasteiger partial charge in [0.25, 0.3) is 11.9 Å². The first-order chi connectivity index (χ1) is 15.7. The Morgan fingerprint density at radius 1 is 1.12 bits per heavy atom. The van der Waals surface area contributed by atoms with Crippen LogP contribution < -0.4 is 24.8 Å². The molecule has 32 heavy (non-hydrogen) atoms. The molecule has 0 radical (unpaired) electrons. The fourth-order valence-corrected chi connectivity index (χ4v) is 3.27. The third kappa shape index (κ3) is 4.13. The molecule has 2 aromatic heterocycles. The Kier molecular flexibility index (Phi) is 5.20. The first kappa shape index (κ1) is 19.7. The number of oxazole rings is 1. The van der Waals surface area contributed by atoms with E-state index in [0.29, 0.717) is 41.8 Å². The van der Waals surface area contributed by atoms with E-state index in [2.05, 4.69) is 20.6 Å². The van der Waals surface area contributed by atoms with Gasteiger partial charge in [0, 0.05) is 25.4 Å². The average molecular weight is 432 g/mol. The maximum absolute atomic E-state index is 11.8. The normalized spacial score (nSPS) is 14.7. The molecule has 0 saturated carbocycles. The molecular formula is C23H20N4O5. The SMILES string of the molecule is CNC(=O)c1cc(Oc2ccc3nc(NCC4COc5ccccc5O4)oc3c2)ccn1. The maximum Gasteiger partial charge on any atom is 0.295 e. The highest BCUT2D eigenvalue weighted by molar-refractivity contribution is 5.92. The lowest BCUT2D eigenvalue weighted by molar-refractivity contribution is 0.0958. The van der Waals surface area contributed by atoms with E-state index in [0.717, 1.165) is 11.5 Å². The molecule has 0 aliphatic carbocycles. The Bertz CT molecular complexity index is 1270. The number of carbonyl (C=O) groups excluding carboxylic acids is 1. The van der Waals surface area contributed by atoms with Crippen LogP contribution in [0.2, 0.25) is 0 Å². The molecule has 0 fully saturated rings. The molecule has 1 aliphatic rings. The van der Waals surface area contributed by atoms with Crippen molar-refractivity contribution in [3.63, 3.8) is 0 Å². The molecule has 2 N–H and O–H groups in total. The van der Waals surface area contributed by atoms with E-state index in [4.69, 9.17) is 18.6 Å². The zero-order chi connectivity index (χ0) is 21.9. The van der Waals surface area contributed by atoms with E-state index >= 15 is 0 Å². The number of anilines is 1. The van der Waals surface area contributed by atoms with Gasteiger partial charge in [-0.1, -0.05) is 12.1 Å². The number of nitrogens with one attached hydrogen (secondary N) is 2. The second kappa shape index (κ2) is 8.46. The van der Waals surface area contributed by atoms with Crippen molar-refractivity contribution in [3.05, 3.63) is 66.5 Å². The largest absolute Gasteiger partial charge is 0.486 e. The van der Waals surface area contributed by atoms with Crippen molar-refractivity contribution in [1.29, 1.82) is 0 Å². The highest BCUT2D eigenvalue weighted by Crippen LogP contribution is 2.31. The van der Waals surface area contributed by atoms with Crippen molar-refractivity contribution >= 4 is 23.0 Å². The Morgan fingerprint density at radius 3 is 2.84 bits per heavy atom. The average Bonchev–Trinajstić information content (AvgIpc) is 3.24. The summed E-state index contributed by atoms with van der Waals surface area (Å²) in [5, 5.41) is 5.69. The summed E-state index contributed by atoms with van der Waals surface area (Å²) in [5.74, 6) is 2.23. The van der Waals surface area contributed by atoms with Crippen LogP contribution in [0.4, 0.5) is 6.01 Å². The van der Waals surface area contributed by atoms with E-state index in [-0.39, 0.29) is 17.7 Å². The van der Waals surface area contributed by atoms with Crippen LogP contribution in [0, 0.1) is 0 Å². The van der Waals surface area contributed by atoms with E-state index < -0.39 is 0 Å². The van der Waals surface area contributed by atoms with Crippen LogP contribution in [0.5, 0.6) is 23.0 Å². The second-order valence-electron chi connectivity index (χ2n) is 7.09. The van der Waals surface area contributed by atoms with Crippen molar-refractivity contribution in [3.8, 4) is 23.0 Å². The number of pyridine rings is 1. The van der Waals surface area contributed by atoms with Crippen LogP contribution in [0.15, 0.2) is 65.2 Å². The maximum atomic E-state index is 11.8. The van der Waals surface area contributed by atoms with Gasteiger partial charge >= 0.3 is 0 Å². The number of ether oxygens (including phenoxy) is 3. The van der Waals surface area contributed by atoms with Crippen molar-refractivity contribution in [2.45, 2.75) is 6.10 Å². The third-order valence-electron chi connectivity index (χ3n) is 4.84. The minimum atomic E-state index is -0.285. The predicted molar refractivity (Wildman–Crippen MR) is 117 cm³/mol. The molecule has 0 spiro atoms. The van der Waals surface area contributed by atoms with Crippen LogP contribution in [0.25, 0.3) is 11.1 Å². The van der Waals surface area contributed by atoms with Crippen LogP contribution >= 0.6 is 0 Å². The molecule has 0 saturated heterocycles. The van der Waals surface area contributed by atoms with Gasteiger partial charge in [-0.3, -0.25) is 9.78 Å². The van der Waals surface area contributed by atoms with Crippen molar-refractivity contribution in [2.75, 3.05) is 25.5 Å². The number of hydrogen-bond acceptors (Lipinski definition) is 8. The molecule has 2 aromatic carbocycles. The lowest BCUT2D eigenvalue weighted by atomic mass is 10.2. The number of para-hydroxylation sites is 2. The molecule has 1 amide bonds. The molecular weight excluding hydrogens is 412 g/mol. The minimum Gasteiger partial charge on any atom is -0.486 e. The number of rotatable bonds is 6. The summed E-state index contributed by atoms with van der Waals surface area (Å²) in [4.78, 5) is 20.2. The zero-order valence-electron chi connectivity index (χ0n) is 17.2. The van der Waals surface area contributed by atoms with Gasteiger partial charge in [0.2, 0.25) is 0 Å². The van der Waals surface area contributed by atoms with Crippen LogP contribution in [0.1, 0.15) is 10.5 Å². The molecule has 9 nitrogen and oxygen atoms in total. The van der Waals surface area contributed by atoms with Gasteiger partial charge in [-0.2, -0.15) is 4.98 Å². The van der Waals surface area contributed by atoms with Gasteiger partial charge < -0.3 is 29.3 Å². The standard InChI is InChI=1S/C23H20N4O5/c1-24-22(28)18-10-15(8-9-25-18)30-14-6-7-17-21(11-14)32-23(27-17)26-12-16-13-29-19-4-2-3-5-20(19)31-16/h2-11,16H,12-13H2,1H3,(H,24,28)(H,26,27). The molecule has 1 atom stereocenters. The molecule has 162 valence electrons. The summed E-state index contributed by atoms with van der Waals surface area (Å²) in [6.07, 6.45) is 1.35. The Hall–Kier alpha value is -4.27. The van der Waals surface area contributed by atoms with Gasteiger partial charge in [-0.25, -0.2) is 0 Å². The summed E-state index contributed by atoms with van der Waals surface area (Å²) in [7, 11) is 1.55. The third-order valence-corrected chi connectivity index (χ3v) is 4.84. The molecule has 1 unspecified atom stereocenters. The van der Waals surface area contributed by atoms with Gasteiger partial charge in [0.05, 0.1) is 6.54 Å². The number of hydrogen-bond donors (Lipinski definition) is 2. The van der Waals surface area contributed by atoms with E-state index in [1.54, 1.807) is 37.4 Å². The lowest BCUT2D eigenvalue weighted by Gasteiger charge is -2.26. The fourth-order valence-electron chi connectivity index (χ4n) is 3.27. The zero-order valence-corrected chi connectivity index (χ0v) is 17.2. The smallest absolute Gasteiger partial charge is 0.295 e. The number of fused-ring (bicyclic) bond motifs is 2. The van der Waals surface area contributed by atoms with Crippen molar-refractivity contribution in [1.82, 2.24) is 15.3 Å². The highest BCUT2D eigenvalue weighted by atomic mass is 16.6. The lowest BCUT2D eigenvalue weighted by Crippen LogP contribution is -2.35. The molecule has 9 heteroatoms.